The van der Waals surface area contributed by atoms with Crippen LogP contribution in [-0.4, -0.2) is 25.0 Å². The number of nitrogens with zero attached hydrogens (tertiary/aromatic N) is 1. The van der Waals surface area contributed by atoms with Gasteiger partial charge in [-0.25, -0.2) is 0 Å². The molecule has 28 heavy (non-hydrogen) atoms. The van der Waals surface area contributed by atoms with Gasteiger partial charge in [0.05, 0.1) is 0 Å². The Kier molecular flexibility index (Phi) is 40.2. The van der Waals surface area contributed by atoms with E-state index in [1.165, 1.54) is 129 Å². The maximum atomic E-state index is 2.49. The summed E-state index contributed by atoms with van der Waals surface area (Å²) in [5.74, 6) is 0. The molecule has 0 aliphatic carbocycles. The van der Waals surface area contributed by atoms with Gasteiger partial charge < -0.3 is 4.90 Å². The molecule has 174 valence electrons. The number of hydrogen-bond acceptors (Lipinski definition) is 1. The van der Waals surface area contributed by atoms with Gasteiger partial charge in [-0.05, 0) is 33.0 Å². The van der Waals surface area contributed by atoms with Crippen molar-refractivity contribution in [3.05, 3.63) is 0 Å². The van der Waals surface area contributed by atoms with E-state index in [-0.39, 0.29) is 0 Å². The van der Waals surface area contributed by atoms with Gasteiger partial charge in [0.15, 0.2) is 0 Å². The minimum Gasteiger partial charge on any atom is -0.306 e. The van der Waals surface area contributed by atoms with Gasteiger partial charge in [0.25, 0.3) is 0 Å². The zero-order valence-corrected chi connectivity index (χ0v) is 21.6. The second-order valence-electron chi connectivity index (χ2n) is 8.25. The monoisotopic (exact) mass is 399 g/mol. The molecule has 0 bridgehead atoms. The van der Waals surface area contributed by atoms with Crippen molar-refractivity contribution in [2.45, 2.75) is 157 Å². The molecule has 1 heteroatoms. The SMILES string of the molecule is CC.CCCCCCCCC.CCCCCCCCCCCN(C)CCCC. The molecule has 1 nitrogen and oxygen atoms in total. The summed E-state index contributed by atoms with van der Waals surface area (Å²) in [6.45, 7) is 15.7. The summed E-state index contributed by atoms with van der Waals surface area (Å²) in [6.07, 6.45) is 25.6. The Bertz CT molecular complexity index is 208. The summed E-state index contributed by atoms with van der Waals surface area (Å²) in [4.78, 5) is 2.49. The van der Waals surface area contributed by atoms with Crippen LogP contribution in [0, 0.1) is 0 Å². The highest BCUT2D eigenvalue weighted by Crippen LogP contribution is 2.10. The summed E-state index contributed by atoms with van der Waals surface area (Å²) < 4.78 is 0. The molecule has 0 radical (unpaired) electrons. The van der Waals surface area contributed by atoms with Crippen molar-refractivity contribution in [1.29, 1.82) is 0 Å². The van der Waals surface area contributed by atoms with Gasteiger partial charge in [-0.3, -0.25) is 0 Å². The van der Waals surface area contributed by atoms with Gasteiger partial charge in [-0.15, -0.1) is 0 Å². The lowest BCUT2D eigenvalue weighted by atomic mass is 10.1. The maximum Gasteiger partial charge on any atom is -0.00218 e. The van der Waals surface area contributed by atoms with Gasteiger partial charge in [0.1, 0.15) is 0 Å². The number of rotatable bonds is 19. The maximum absolute atomic E-state index is 2.49. The van der Waals surface area contributed by atoms with Crippen molar-refractivity contribution in [3.8, 4) is 0 Å². The molecular formula is C27H61N. The molecule has 0 fully saturated rings. The summed E-state index contributed by atoms with van der Waals surface area (Å²) in [7, 11) is 2.26. The van der Waals surface area contributed by atoms with Crippen LogP contribution in [0.1, 0.15) is 157 Å². The highest BCUT2D eigenvalue weighted by Gasteiger charge is 1.97. The van der Waals surface area contributed by atoms with E-state index < -0.39 is 0 Å². The van der Waals surface area contributed by atoms with Crippen LogP contribution < -0.4 is 0 Å². The zero-order valence-electron chi connectivity index (χ0n) is 21.6. The molecule has 0 aromatic heterocycles. The predicted molar refractivity (Wildman–Crippen MR) is 135 cm³/mol. The van der Waals surface area contributed by atoms with E-state index in [9.17, 15) is 0 Å². The standard InChI is InChI=1S/C16H35N.C9H20.C2H6/c1-4-6-8-9-10-11-12-13-14-16-17(3)15-7-5-2;1-3-5-7-9-8-6-4-2;1-2/h4-16H2,1-3H3;3-9H2,1-2H3;1-2H3. The molecule has 0 saturated carbocycles. The molecule has 0 unspecified atom stereocenters. The molecule has 0 aliphatic heterocycles. The van der Waals surface area contributed by atoms with Crippen molar-refractivity contribution < 1.29 is 0 Å². The molecule has 0 spiro atoms. The Morgan fingerprint density at radius 1 is 0.357 bits per heavy atom. The quantitative estimate of drug-likeness (QED) is 0.195. The van der Waals surface area contributed by atoms with E-state index in [1.54, 1.807) is 0 Å². The fourth-order valence-corrected chi connectivity index (χ4v) is 3.26. The molecule has 0 N–H and O–H groups in total. The highest BCUT2D eigenvalue weighted by atomic mass is 15.1. The lowest BCUT2D eigenvalue weighted by molar-refractivity contribution is 0.318. The van der Waals surface area contributed by atoms with Crippen molar-refractivity contribution in [3.63, 3.8) is 0 Å². The van der Waals surface area contributed by atoms with Gasteiger partial charge in [-0.1, -0.05) is 144 Å². The van der Waals surface area contributed by atoms with E-state index in [2.05, 4.69) is 39.6 Å². The van der Waals surface area contributed by atoms with Crippen LogP contribution in [0.3, 0.4) is 0 Å². The van der Waals surface area contributed by atoms with Crippen LogP contribution in [0.5, 0.6) is 0 Å². The van der Waals surface area contributed by atoms with E-state index in [1.807, 2.05) is 13.8 Å². The summed E-state index contributed by atoms with van der Waals surface area (Å²) in [5, 5.41) is 0. The van der Waals surface area contributed by atoms with E-state index >= 15 is 0 Å². The fourth-order valence-electron chi connectivity index (χ4n) is 3.26. The zero-order chi connectivity index (χ0) is 21.7. The second kappa shape index (κ2) is 34.5. The average Bonchev–Trinajstić information content (AvgIpc) is 2.73. The van der Waals surface area contributed by atoms with Gasteiger partial charge >= 0.3 is 0 Å². The van der Waals surface area contributed by atoms with Gasteiger partial charge in [0, 0.05) is 0 Å². The number of hydrogen-bond donors (Lipinski definition) is 0. The summed E-state index contributed by atoms with van der Waals surface area (Å²) in [6, 6.07) is 0. The third-order valence-electron chi connectivity index (χ3n) is 5.24. The van der Waals surface area contributed by atoms with Crippen LogP contribution in [-0.2, 0) is 0 Å². The molecule has 0 aliphatic rings. The minimum absolute atomic E-state index is 1.29. The molecule has 0 amide bonds. The first-order valence-electron chi connectivity index (χ1n) is 13.4. The Morgan fingerprint density at radius 3 is 0.929 bits per heavy atom. The van der Waals surface area contributed by atoms with Gasteiger partial charge in [0.2, 0.25) is 0 Å². The van der Waals surface area contributed by atoms with Crippen LogP contribution in [0.25, 0.3) is 0 Å². The molecule has 0 aromatic rings. The third-order valence-corrected chi connectivity index (χ3v) is 5.24. The van der Waals surface area contributed by atoms with Crippen molar-refractivity contribution in [2.75, 3.05) is 20.1 Å². The van der Waals surface area contributed by atoms with Crippen LogP contribution in [0.15, 0.2) is 0 Å². The van der Waals surface area contributed by atoms with Crippen molar-refractivity contribution >= 4 is 0 Å². The van der Waals surface area contributed by atoms with Crippen molar-refractivity contribution in [2.24, 2.45) is 0 Å². The first kappa shape index (κ1) is 32.6. The van der Waals surface area contributed by atoms with Crippen molar-refractivity contribution in [1.82, 2.24) is 4.90 Å². The van der Waals surface area contributed by atoms with Crippen LogP contribution in [0.4, 0.5) is 0 Å². The predicted octanol–water partition coefficient (Wildman–Crippen LogP) is 10.0. The highest BCUT2D eigenvalue weighted by molar-refractivity contribution is 4.53. The molecule has 0 heterocycles. The fraction of sp³-hybridized carbons (Fsp3) is 1.00. The smallest absolute Gasteiger partial charge is 0.00218 e. The largest absolute Gasteiger partial charge is 0.306 e. The van der Waals surface area contributed by atoms with E-state index in [0.29, 0.717) is 0 Å². The molecule has 0 rings (SSSR count). The third kappa shape index (κ3) is 36.8. The van der Waals surface area contributed by atoms with Gasteiger partial charge in [-0.2, -0.15) is 0 Å². The Hall–Kier alpha value is -0.0400. The van der Waals surface area contributed by atoms with Crippen LogP contribution in [0.2, 0.25) is 0 Å². The first-order chi connectivity index (χ1) is 13.7. The molecule has 0 atom stereocenters. The lowest BCUT2D eigenvalue weighted by Crippen LogP contribution is -2.20. The molecule has 0 saturated heterocycles. The summed E-state index contributed by atoms with van der Waals surface area (Å²) >= 11 is 0. The topological polar surface area (TPSA) is 3.24 Å². The second-order valence-corrected chi connectivity index (χ2v) is 8.25. The van der Waals surface area contributed by atoms with E-state index in [4.69, 9.17) is 0 Å². The molecular weight excluding hydrogens is 338 g/mol. The number of unbranched alkanes of at least 4 members (excludes halogenated alkanes) is 15. The Balaban J connectivity index is -0.000000479. The normalized spacial score (nSPS) is 10.3. The Labute approximate surface area is 182 Å². The molecule has 0 aromatic carbocycles. The minimum atomic E-state index is 1.29. The average molecular weight is 400 g/mol. The van der Waals surface area contributed by atoms with Crippen LogP contribution >= 0.6 is 0 Å². The van der Waals surface area contributed by atoms with E-state index in [0.717, 1.165) is 0 Å². The lowest BCUT2D eigenvalue weighted by Gasteiger charge is -2.15. The Morgan fingerprint density at radius 2 is 0.607 bits per heavy atom. The summed E-state index contributed by atoms with van der Waals surface area (Å²) in [5.41, 5.74) is 0. The first-order valence-corrected chi connectivity index (χ1v) is 13.4.